The van der Waals surface area contributed by atoms with Crippen molar-refractivity contribution in [2.75, 3.05) is 6.61 Å². The molecule has 0 saturated heterocycles. The van der Waals surface area contributed by atoms with Crippen molar-refractivity contribution in [1.82, 2.24) is 4.98 Å². The maximum atomic E-state index is 12.9. The molecule has 9 heteroatoms. The Morgan fingerprint density at radius 1 is 1.14 bits per heavy atom. The van der Waals surface area contributed by atoms with E-state index in [4.69, 9.17) is 14.3 Å². The summed E-state index contributed by atoms with van der Waals surface area (Å²) < 4.78 is 51.6. The highest BCUT2D eigenvalue weighted by atomic mass is 32.1. The number of hydrogen-bond acceptors (Lipinski definition) is 5. The van der Waals surface area contributed by atoms with E-state index in [0.29, 0.717) is 23.7 Å². The summed E-state index contributed by atoms with van der Waals surface area (Å²) in [4.78, 5) is 15.6. The summed E-state index contributed by atoms with van der Waals surface area (Å²) in [7, 11) is 0. The van der Waals surface area contributed by atoms with Gasteiger partial charge in [-0.05, 0) is 64.7 Å². The number of carboxylic acid groups (broad SMARTS) is 1. The second-order valence-electron chi connectivity index (χ2n) is 8.70. The quantitative estimate of drug-likeness (QED) is 0.269. The number of fused-ring (bicyclic) bond motifs is 1. The summed E-state index contributed by atoms with van der Waals surface area (Å²) in [6, 6.07) is 10.3. The van der Waals surface area contributed by atoms with E-state index in [1.165, 1.54) is 23.5 Å². The van der Waals surface area contributed by atoms with Crippen molar-refractivity contribution in [3.8, 4) is 17.2 Å². The van der Waals surface area contributed by atoms with Gasteiger partial charge in [-0.3, -0.25) is 4.79 Å². The van der Waals surface area contributed by atoms with E-state index in [-0.39, 0.29) is 24.1 Å². The molecule has 0 amide bonds. The molecule has 0 fully saturated rings. The summed E-state index contributed by atoms with van der Waals surface area (Å²) in [6.45, 7) is 6.20. The second kappa shape index (κ2) is 9.73. The number of carbonyl (C=O) groups is 1. The van der Waals surface area contributed by atoms with E-state index >= 15 is 0 Å². The molecule has 4 aromatic rings. The number of halogens is 3. The van der Waals surface area contributed by atoms with Gasteiger partial charge in [0.1, 0.15) is 11.5 Å². The number of alkyl halides is 3. The molecular weight excluding hydrogens is 479 g/mol. The molecule has 0 bridgehead atoms. The highest BCUT2D eigenvalue weighted by Gasteiger charge is 2.30. The molecule has 5 nitrogen and oxygen atoms in total. The predicted octanol–water partition coefficient (Wildman–Crippen LogP) is 7.51. The van der Waals surface area contributed by atoms with Crippen molar-refractivity contribution in [2.24, 2.45) is 0 Å². The number of oxazole rings is 1. The van der Waals surface area contributed by atoms with Gasteiger partial charge in [-0.25, -0.2) is 4.98 Å². The molecule has 1 atom stereocenters. The summed E-state index contributed by atoms with van der Waals surface area (Å²) in [5.74, 6) is 0.578. The standard InChI is InChI=1S/C26H24F3NO4S/c1-14(2)23-24(34-25(30-23)16-4-6-18(7-5-16)26(27,28)29)15(3)12-33-19-8-9-20-17(10-22(31)32)13-35-21(20)11-19/h4-9,11,13-15H,10,12H2,1-3H3,(H,31,32). The van der Waals surface area contributed by atoms with Gasteiger partial charge in [0, 0.05) is 10.3 Å². The maximum Gasteiger partial charge on any atom is 0.416 e. The monoisotopic (exact) mass is 503 g/mol. The van der Waals surface area contributed by atoms with Gasteiger partial charge in [-0.1, -0.05) is 20.8 Å². The Morgan fingerprint density at radius 2 is 1.86 bits per heavy atom. The molecule has 0 saturated carbocycles. The lowest BCUT2D eigenvalue weighted by Gasteiger charge is -2.13. The van der Waals surface area contributed by atoms with Gasteiger partial charge in [0.2, 0.25) is 5.89 Å². The van der Waals surface area contributed by atoms with Gasteiger partial charge in [-0.15, -0.1) is 11.3 Å². The van der Waals surface area contributed by atoms with Crippen LogP contribution in [0, 0.1) is 0 Å². The van der Waals surface area contributed by atoms with Crippen LogP contribution in [0.5, 0.6) is 5.75 Å². The van der Waals surface area contributed by atoms with Gasteiger partial charge in [0.05, 0.1) is 30.2 Å². The molecule has 1 unspecified atom stereocenters. The van der Waals surface area contributed by atoms with Gasteiger partial charge in [0.25, 0.3) is 0 Å². The molecule has 0 spiro atoms. The third-order valence-corrected chi connectivity index (χ3v) is 6.60. The van der Waals surface area contributed by atoms with E-state index in [1.54, 1.807) is 0 Å². The normalized spacial score (nSPS) is 12.9. The minimum atomic E-state index is -4.40. The number of benzene rings is 2. The summed E-state index contributed by atoms with van der Waals surface area (Å²) in [5.41, 5.74) is 1.26. The number of nitrogens with zero attached hydrogens (tertiary/aromatic N) is 1. The van der Waals surface area contributed by atoms with Gasteiger partial charge in [-0.2, -0.15) is 13.2 Å². The molecule has 184 valence electrons. The minimum absolute atomic E-state index is 0.0258. The Balaban J connectivity index is 1.51. The van der Waals surface area contributed by atoms with Gasteiger partial charge in [0.15, 0.2) is 0 Å². The average molecular weight is 504 g/mol. The Kier molecular flexibility index (Phi) is 6.89. The van der Waals surface area contributed by atoms with Crippen LogP contribution in [0.15, 0.2) is 52.3 Å². The Bertz CT molecular complexity index is 1340. The van der Waals surface area contributed by atoms with Crippen LogP contribution in [-0.2, 0) is 17.4 Å². The lowest BCUT2D eigenvalue weighted by atomic mass is 10.0. The molecule has 0 aliphatic carbocycles. The number of hydrogen-bond donors (Lipinski definition) is 1. The fourth-order valence-electron chi connectivity index (χ4n) is 3.79. The first-order chi connectivity index (χ1) is 16.5. The minimum Gasteiger partial charge on any atom is -0.493 e. The lowest BCUT2D eigenvalue weighted by molar-refractivity contribution is -0.138. The summed E-state index contributed by atoms with van der Waals surface area (Å²) in [6.07, 6.45) is -4.43. The zero-order valence-corrected chi connectivity index (χ0v) is 20.2. The maximum absolute atomic E-state index is 12.9. The highest BCUT2D eigenvalue weighted by Crippen LogP contribution is 2.35. The van der Waals surface area contributed by atoms with E-state index in [1.807, 2.05) is 44.4 Å². The number of aromatic nitrogens is 1. The highest BCUT2D eigenvalue weighted by molar-refractivity contribution is 7.17. The molecule has 2 heterocycles. The molecule has 2 aromatic heterocycles. The van der Waals surface area contributed by atoms with E-state index in [9.17, 15) is 18.0 Å². The fourth-order valence-corrected chi connectivity index (χ4v) is 4.78. The van der Waals surface area contributed by atoms with Crippen molar-refractivity contribution in [3.63, 3.8) is 0 Å². The topological polar surface area (TPSA) is 72.6 Å². The number of rotatable bonds is 8. The van der Waals surface area contributed by atoms with Crippen molar-refractivity contribution in [1.29, 1.82) is 0 Å². The van der Waals surface area contributed by atoms with Crippen molar-refractivity contribution in [2.45, 2.75) is 45.2 Å². The van der Waals surface area contributed by atoms with Crippen LogP contribution in [0.4, 0.5) is 13.2 Å². The number of thiophene rings is 1. The smallest absolute Gasteiger partial charge is 0.416 e. The van der Waals surface area contributed by atoms with Crippen LogP contribution < -0.4 is 4.74 Å². The molecular formula is C26H24F3NO4S. The van der Waals surface area contributed by atoms with Gasteiger partial charge < -0.3 is 14.3 Å². The molecule has 2 aromatic carbocycles. The van der Waals surface area contributed by atoms with Gasteiger partial charge >= 0.3 is 12.1 Å². The summed E-state index contributed by atoms with van der Waals surface area (Å²) >= 11 is 1.47. The zero-order chi connectivity index (χ0) is 25.3. The SMILES string of the molecule is CC(C)c1nc(-c2ccc(C(F)(F)F)cc2)oc1C(C)COc1ccc2c(CC(=O)O)csc2c1. The van der Waals surface area contributed by atoms with E-state index < -0.39 is 17.7 Å². The van der Waals surface area contributed by atoms with Crippen LogP contribution >= 0.6 is 11.3 Å². The van der Waals surface area contributed by atoms with Crippen LogP contribution in [-0.4, -0.2) is 22.7 Å². The van der Waals surface area contributed by atoms with Crippen molar-refractivity contribution >= 4 is 27.4 Å². The molecule has 0 aliphatic heterocycles. The Morgan fingerprint density at radius 3 is 2.49 bits per heavy atom. The largest absolute Gasteiger partial charge is 0.493 e. The molecule has 0 radical (unpaired) electrons. The first-order valence-electron chi connectivity index (χ1n) is 11.1. The number of aliphatic carboxylic acids is 1. The predicted molar refractivity (Wildman–Crippen MR) is 128 cm³/mol. The average Bonchev–Trinajstić information content (AvgIpc) is 3.41. The molecule has 35 heavy (non-hydrogen) atoms. The van der Waals surface area contributed by atoms with E-state index in [2.05, 4.69) is 4.98 Å². The molecule has 4 rings (SSSR count). The summed E-state index contributed by atoms with van der Waals surface area (Å²) in [5, 5.41) is 11.8. The number of carboxylic acids is 1. The number of ether oxygens (including phenoxy) is 1. The first-order valence-corrected chi connectivity index (χ1v) is 11.9. The first kappa shape index (κ1) is 24.8. The van der Waals surface area contributed by atoms with Crippen LogP contribution in [0.1, 0.15) is 55.2 Å². The Labute approximate surface area is 204 Å². The van der Waals surface area contributed by atoms with Crippen LogP contribution in [0.3, 0.4) is 0 Å². The van der Waals surface area contributed by atoms with Crippen LogP contribution in [0.25, 0.3) is 21.5 Å². The third kappa shape index (κ3) is 5.51. The Hall–Kier alpha value is -3.33. The zero-order valence-electron chi connectivity index (χ0n) is 19.3. The third-order valence-electron chi connectivity index (χ3n) is 5.60. The fraction of sp³-hybridized carbons (Fsp3) is 0.308. The lowest BCUT2D eigenvalue weighted by Crippen LogP contribution is -2.09. The van der Waals surface area contributed by atoms with Crippen molar-refractivity contribution in [3.05, 3.63) is 70.4 Å². The van der Waals surface area contributed by atoms with Crippen LogP contribution in [0.2, 0.25) is 0 Å². The molecule has 1 N–H and O–H groups in total. The molecule has 0 aliphatic rings. The van der Waals surface area contributed by atoms with Crippen molar-refractivity contribution < 1.29 is 32.2 Å². The second-order valence-corrected chi connectivity index (χ2v) is 9.61. The van der Waals surface area contributed by atoms with E-state index in [0.717, 1.165) is 33.5 Å².